The van der Waals surface area contributed by atoms with Crippen LogP contribution in [0.1, 0.15) is 16.4 Å². The van der Waals surface area contributed by atoms with Crippen molar-refractivity contribution in [2.45, 2.75) is 5.25 Å². The molecule has 0 amide bonds. The van der Waals surface area contributed by atoms with Crippen LogP contribution >= 0.6 is 34.4 Å². The predicted octanol–water partition coefficient (Wildman–Crippen LogP) is 22.0. The Morgan fingerprint density at radius 1 is 0.368 bits per heavy atom. The van der Waals surface area contributed by atoms with Crippen LogP contribution in [0.5, 0.6) is 0 Å². The van der Waals surface area contributed by atoms with Gasteiger partial charge in [0.15, 0.2) is 0 Å². The van der Waals surface area contributed by atoms with Crippen LogP contribution in [-0.4, -0.2) is 45.2 Å². The fourth-order valence-corrected chi connectivity index (χ4v) is 16.6. The van der Waals surface area contributed by atoms with Gasteiger partial charge in [-0.25, -0.2) is 19.9 Å². The van der Waals surface area contributed by atoms with Gasteiger partial charge in [0.1, 0.15) is 32.8 Å². The van der Waals surface area contributed by atoms with Gasteiger partial charge in [-0.1, -0.05) is 212 Å². The van der Waals surface area contributed by atoms with E-state index in [1.165, 1.54) is 5.56 Å². The quantitative estimate of drug-likeness (QED) is 0.114. The molecule has 0 N–H and O–H groups in total. The molecule has 1 atom stereocenters. The average molecular weight is 1280 g/mol. The second-order valence-electron chi connectivity index (χ2n) is 24.1. The minimum Gasteiger partial charge on any atom is -0.455 e. The smallest absolute Gasteiger partial charge is 0.145 e. The van der Waals surface area contributed by atoms with Crippen molar-refractivity contribution in [1.29, 1.82) is 0 Å². The van der Waals surface area contributed by atoms with Crippen molar-refractivity contribution >= 4 is 83.2 Å². The lowest BCUT2D eigenvalue weighted by molar-refractivity contribution is 0.671. The number of furan rings is 1. The molecule has 0 radical (unpaired) electrons. The van der Waals surface area contributed by atoms with Gasteiger partial charge in [0, 0.05) is 70.4 Å². The summed E-state index contributed by atoms with van der Waals surface area (Å²) < 4.78 is 14.3. The van der Waals surface area contributed by atoms with Crippen LogP contribution in [0.4, 0.5) is 0 Å². The Kier molecular flexibility index (Phi) is 13.9. The predicted molar refractivity (Wildman–Crippen MR) is 395 cm³/mol. The van der Waals surface area contributed by atoms with Gasteiger partial charge < -0.3 is 18.1 Å². The van der Waals surface area contributed by atoms with E-state index in [2.05, 4.69) is 277 Å². The van der Waals surface area contributed by atoms with E-state index < -0.39 is 0 Å². The summed E-state index contributed by atoms with van der Waals surface area (Å²) in [5.41, 5.74) is 21.8. The van der Waals surface area contributed by atoms with E-state index in [1.807, 2.05) is 48.7 Å². The molecule has 1 unspecified atom stereocenters. The normalized spacial score (nSPS) is 13.2. The van der Waals surface area contributed by atoms with Gasteiger partial charge in [-0.2, -0.15) is 0 Å². The summed E-state index contributed by atoms with van der Waals surface area (Å²) in [7, 11) is 4.20. The molecule has 0 saturated carbocycles. The lowest BCUT2D eigenvalue weighted by Gasteiger charge is -2.12. The van der Waals surface area contributed by atoms with Crippen LogP contribution in [0.2, 0.25) is 0 Å². The van der Waals surface area contributed by atoms with Gasteiger partial charge in [-0.05, 0) is 111 Å². The molecule has 9 nitrogen and oxygen atoms in total. The highest BCUT2D eigenvalue weighted by molar-refractivity contribution is 8.14. The number of hydrogen-bond acceptors (Lipinski definition) is 9. The molecular formula is C83H56N8OS3. The molecule has 12 heteroatoms. The van der Waals surface area contributed by atoms with E-state index in [0.717, 1.165) is 170 Å². The molecule has 17 aromatic rings. The monoisotopic (exact) mass is 1280 g/mol. The van der Waals surface area contributed by atoms with Crippen molar-refractivity contribution in [3.63, 3.8) is 0 Å². The third kappa shape index (κ3) is 10.0. The number of aromatic nitrogens is 7. The molecule has 1 aliphatic rings. The molecule has 11 aromatic carbocycles. The molecule has 0 bridgehead atoms. The second-order valence-corrected chi connectivity index (χ2v) is 27.3. The molecular weight excluding hydrogens is 1220 g/mol. The van der Waals surface area contributed by atoms with Gasteiger partial charge >= 0.3 is 0 Å². The molecule has 0 spiro atoms. The Hall–Kier alpha value is -11.3. The van der Waals surface area contributed by atoms with Crippen LogP contribution in [-0.2, 0) is 14.1 Å². The number of aliphatic imine (C=N–C) groups is 1. The number of imidazole rings is 2. The number of nitrogens with zero attached hydrogens (tertiary/aromatic N) is 8. The minimum atomic E-state index is 0.199. The molecule has 0 aliphatic carbocycles. The zero-order chi connectivity index (χ0) is 63.1. The van der Waals surface area contributed by atoms with E-state index in [9.17, 15) is 0 Å². The van der Waals surface area contributed by atoms with E-state index in [-0.39, 0.29) is 5.25 Å². The van der Waals surface area contributed by atoms with E-state index in [4.69, 9.17) is 29.3 Å². The zero-order valence-corrected chi connectivity index (χ0v) is 54.1. The third-order valence-corrected chi connectivity index (χ3v) is 21.8. The molecule has 18 rings (SSSR count). The van der Waals surface area contributed by atoms with Gasteiger partial charge in [0.05, 0.1) is 72.5 Å². The van der Waals surface area contributed by atoms with Crippen molar-refractivity contribution in [1.82, 2.24) is 33.6 Å². The van der Waals surface area contributed by atoms with Gasteiger partial charge in [-0.15, -0.1) is 22.7 Å². The molecule has 1 aliphatic heterocycles. The summed E-state index contributed by atoms with van der Waals surface area (Å²) in [5, 5.41) is 7.12. The highest BCUT2D eigenvalue weighted by atomic mass is 32.2. The Morgan fingerprint density at radius 3 is 1.32 bits per heavy atom. The van der Waals surface area contributed by atoms with Gasteiger partial charge in [0.25, 0.3) is 0 Å². The molecule has 452 valence electrons. The highest BCUT2D eigenvalue weighted by Gasteiger charge is 2.28. The van der Waals surface area contributed by atoms with Crippen molar-refractivity contribution in [2.75, 3.05) is 6.54 Å². The van der Waals surface area contributed by atoms with E-state index in [1.54, 1.807) is 22.7 Å². The lowest BCUT2D eigenvalue weighted by atomic mass is 9.98. The highest BCUT2D eigenvalue weighted by Crippen LogP contribution is 2.49. The fraction of sp³-hybridized carbons (Fsp3) is 0.0482. The number of hydrogen-bond donors (Lipinski definition) is 0. The number of rotatable bonds is 13. The van der Waals surface area contributed by atoms with Crippen LogP contribution in [0.15, 0.2) is 295 Å². The summed E-state index contributed by atoms with van der Waals surface area (Å²) in [6, 6.07) is 93.3. The minimum absolute atomic E-state index is 0.199. The summed E-state index contributed by atoms with van der Waals surface area (Å²) in [6.07, 6.45) is 7.94. The summed E-state index contributed by atoms with van der Waals surface area (Å²) in [5.74, 6) is 1.81. The van der Waals surface area contributed by atoms with E-state index >= 15 is 0 Å². The number of fused-ring (bicyclic) bond motifs is 6. The first-order chi connectivity index (χ1) is 46.9. The summed E-state index contributed by atoms with van der Waals surface area (Å²) >= 11 is 5.18. The maximum Gasteiger partial charge on any atom is 0.145 e. The third-order valence-electron chi connectivity index (χ3n) is 18.4. The first-order valence-electron chi connectivity index (χ1n) is 31.7. The lowest BCUT2D eigenvalue weighted by Crippen LogP contribution is -1.96. The topological polar surface area (TPSA) is 91.8 Å². The first-order valence-corrected chi connectivity index (χ1v) is 34.2. The molecule has 95 heavy (non-hydrogen) atoms. The SMILES string of the molecule is Cn1c(-c2ccccc2)cnc1-c1cccc(-c2ccc3c(c2)c2cc(-c4cccc(-c5ncc(-c6ccccc6)n5C)c4)ccc2n3-c2cc(-c3ncc(-c4ccccc4)s3)c3oc4c(-c5ncc(-c6ccccc6)s5)cc(C5=NCC(c6ccccc6)S5)cc4c3c2)c1. The molecule has 6 aromatic heterocycles. The zero-order valence-electron chi connectivity index (χ0n) is 51.6. The first kappa shape index (κ1) is 56.5. The second kappa shape index (κ2) is 23.4. The molecule has 0 fully saturated rings. The Bertz CT molecular complexity index is 5640. The largest absolute Gasteiger partial charge is 0.455 e. The number of thioether (sulfide) groups is 1. The number of benzene rings is 11. The Labute approximate surface area is 560 Å². The molecule has 0 saturated heterocycles. The Balaban J connectivity index is 0.849. The molecule has 7 heterocycles. The van der Waals surface area contributed by atoms with Crippen molar-refractivity contribution in [3.8, 4) is 115 Å². The van der Waals surface area contributed by atoms with E-state index in [0.29, 0.717) is 6.54 Å². The fourth-order valence-electron chi connectivity index (χ4n) is 13.6. The van der Waals surface area contributed by atoms with Gasteiger partial charge in [-0.3, -0.25) is 4.99 Å². The van der Waals surface area contributed by atoms with Crippen molar-refractivity contribution in [3.05, 3.63) is 297 Å². The summed E-state index contributed by atoms with van der Waals surface area (Å²) in [6.45, 7) is 0.689. The van der Waals surface area contributed by atoms with Crippen molar-refractivity contribution in [2.24, 2.45) is 19.1 Å². The maximum absolute atomic E-state index is 7.45. The summed E-state index contributed by atoms with van der Waals surface area (Å²) in [4.78, 5) is 27.9. The average Bonchev–Trinajstić information content (AvgIpc) is 1.57. The maximum atomic E-state index is 7.45. The Morgan fingerprint density at radius 2 is 0.800 bits per heavy atom. The standard InChI is InChI=1S/C83H56N8OS3/c1-89-72(51-20-8-3-9-21-51)46-84-79(89)60-32-18-30-56(38-60)58-34-36-70-64(40-58)65-41-59(57-31-19-33-61(39-57)80-85-47-73(90(80)2)52-22-10-4-11-23-52)35-37-71(65)91(70)63-44-67-66-42-62(81-86-48-74(93-81)53-24-12-5-13-25-53)43-68(82-87-49-75(94-82)54-26-14-6-15-27-54)77(66)92-78(67)69(45-63)83-88-50-76(95-83)55-28-16-7-17-29-55/h3-47,49-50,74H,48H2,1-2H3. The van der Waals surface area contributed by atoms with Gasteiger partial charge in [0.2, 0.25) is 0 Å². The van der Waals surface area contributed by atoms with Crippen LogP contribution in [0, 0.1) is 0 Å². The van der Waals surface area contributed by atoms with Crippen LogP contribution in [0.3, 0.4) is 0 Å². The number of thiazole rings is 2. The van der Waals surface area contributed by atoms with Crippen LogP contribution < -0.4 is 0 Å². The van der Waals surface area contributed by atoms with Crippen LogP contribution in [0.25, 0.3) is 159 Å². The van der Waals surface area contributed by atoms with Crippen molar-refractivity contribution < 1.29 is 4.42 Å².